The summed E-state index contributed by atoms with van der Waals surface area (Å²) in [5, 5.41) is 5.94. The molecule has 0 unspecified atom stereocenters. The minimum Gasteiger partial charge on any atom is -0.345 e. The van der Waals surface area contributed by atoms with Crippen molar-refractivity contribution >= 4 is 41.5 Å². The SMILES string of the molecule is CNCCC(=O)Nc1ccc(C(=O)N(C)C)c(Cl)c1.Cl. The predicted octanol–water partition coefficient (Wildman–Crippen LogP) is 2.01. The molecule has 0 aromatic heterocycles. The molecule has 112 valence electrons. The van der Waals surface area contributed by atoms with Gasteiger partial charge in [0, 0.05) is 32.7 Å². The molecule has 7 heteroatoms. The van der Waals surface area contributed by atoms with Gasteiger partial charge in [0.1, 0.15) is 0 Å². The normalized spacial score (nSPS) is 9.60. The van der Waals surface area contributed by atoms with Crippen LogP contribution in [0.25, 0.3) is 0 Å². The van der Waals surface area contributed by atoms with Crippen LogP contribution < -0.4 is 10.6 Å². The van der Waals surface area contributed by atoms with E-state index in [9.17, 15) is 9.59 Å². The Morgan fingerprint density at radius 1 is 1.30 bits per heavy atom. The van der Waals surface area contributed by atoms with E-state index in [-0.39, 0.29) is 24.2 Å². The Balaban J connectivity index is 0.00000361. The monoisotopic (exact) mass is 319 g/mol. The minimum absolute atomic E-state index is 0. The van der Waals surface area contributed by atoms with E-state index in [1.165, 1.54) is 4.90 Å². The lowest BCUT2D eigenvalue weighted by Gasteiger charge is -2.12. The molecule has 0 heterocycles. The number of halogens is 2. The van der Waals surface area contributed by atoms with E-state index >= 15 is 0 Å². The lowest BCUT2D eigenvalue weighted by molar-refractivity contribution is -0.116. The van der Waals surface area contributed by atoms with E-state index in [1.807, 2.05) is 0 Å². The quantitative estimate of drug-likeness (QED) is 0.872. The molecule has 0 atom stereocenters. The second kappa shape index (κ2) is 8.79. The number of amides is 2. The topological polar surface area (TPSA) is 61.4 Å². The van der Waals surface area contributed by atoms with Crippen molar-refractivity contribution in [1.29, 1.82) is 0 Å². The molecule has 0 saturated carbocycles. The molecule has 2 N–H and O–H groups in total. The van der Waals surface area contributed by atoms with E-state index in [0.717, 1.165) is 0 Å². The van der Waals surface area contributed by atoms with Crippen LogP contribution in [-0.2, 0) is 4.79 Å². The molecule has 0 spiro atoms. The summed E-state index contributed by atoms with van der Waals surface area (Å²) in [5.74, 6) is -0.268. The van der Waals surface area contributed by atoms with Gasteiger partial charge in [-0.05, 0) is 25.2 Å². The molecule has 0 saturated heterocycles. The number of carbonyl (C=O) groups excluding carboxylic acids is 2. The Bertz CT molecular complexity index is 479. The van der Waals surface area contributed by atoms with Crippen LogP contribution in [0.4, 0.5) is 5.69 Å². The number of benzene rings is 1. The first-order chi connectivity index (χ1) is 8.95. The molecular weight excluding hydrogens is 301 g/mol. The maximum atomic E-state index is 11.8. The third-order valence-electron chi connectivity index (χ3n) is 2.49. The van der Waals surface area contributed by atoms with Crippen molar-refractivity contribution in [3.63, 3.8) is 0 Å². The summed E-state index contributed by atoms with van der Waals surface area (Å²) in [5.41, 5.74) is 1.00. The molecule has 1 aromatic rings. The number of anilines is 1. The Hall–Kier alpha value is -1.30. The summed E-state index contributed by atoms with van der Waals surface area (Å²) >= 11 is 6.04. The summed E-state index contributed by atoms with van der Waals surface area (Å²) in [7, 11) is 5.10. The van der Waals surface area contributed by atoms with Gasteiger partial charge < -0.3 is 15.5 Å². The highest BCUT2D eigenvalue weighted by Gasteiger charge is 2.13. The van der Waals surface area contributed by atoms with E-state index in [4.69, 9.17) is 11.6 Å². The first-order valence-electron chi connectivity index (χ1n) is 5.91. The fourth-order valence-corrected chi connectivity index (χ4v) is 1.73. The van der Waals surface area contributed by atoms with Crippen molar-refractivity contribution in [3.8, 4) is 0 Å². The van der Waals surface area contributed by atoms with E-state index in [2.05, 4.69) is 10.6 Å². The van der Waals surface area contributed by atoms with Gasteiger partial charge in [0.15, 0.2) is 0 Å². The highest BCUT2D eigenvalue weighted by Crippen LogP contribution is 2.22. The third-order valence-corrected chi connectivity index (χ3v) is 2.80. The Kier molecular flexibility index (Phi) is 8.22. The van der Waals surface area contributed by atoms with Gasteiger partial charge in [-0.25, -0.2) is 0 Å². The van der Waals surface area contributed by atoms with Gasteiger partial charge in [-0.15, -0.1) is 12.4 Å². The number of carbonyl (C=O) groups is 2. The van der Waals surface area contributed by atoms with Crippen molar-refractivity contribution in [1.82, 2.24) is 10.2 Å². The Labute approximate surface area is 130 Å². The van der Waals surface area contributed by atoms with Crippen LogP contribution >= 0.6 is 24.0 Å². The second-order valence-corrected chi connectivity index (χ2v) is 4.70. The smallest absolute Gasteiger partial charge is 0.254 e. The summed E-state index contributed by atoms with van der Waals surface area (Å²) in [6.07, 6.45) is 0.381. The van der Waals surface area contributed by atoms with Gasteiger partial charge in [-0.1, -0.05) is 11.6 Å². The minimum atomic E-state index is -0.168. The summed E-state index contributed by atoms with van der Waals surface area (Å²) in [6, 6.07) is 4.85. The fourth-order valence-electron chi connectivity index (χ4n) is 1.47. The van der Waals surface area contributed by atoms with Gasteiger partial charge in [0.25, 0.3) is 5.91 Å². The third kappa shape index (κ3) is 5.36. The molecule has 2 amide bonds. The molecule has 0 aliphatic carbocycles. The van der Waals surface area contributed by atoms with Crippen LogP contribution in [-0.4, -0.2) is 44.4 Å². The van der Waals surface area contributed by atoms with Crippen molar-refractivity contribution in [3.05, 3.63) is 28.8 Å². The first-order valence-corrected chi connectivity index (χ1v) is 6.29. The zero-order valence-electron chi connectivity index (χ0n) is 11.7. The van der Waals surface area contributed by atoms with Crippen molar-refractivity contribution in [2.45, 2.75) is 6.42 Å². The van der Waals surface area contributed by atoms with Gasteiger partial charge in [-0.2, -0.15) is 0 Å². The van der Waals surface area contributed by atoms with Crippen LogP contribution in [0.2, 0.25) is 5.02 Å². The molecule has 1 rings (SSSR count). The van der Waals surface area contributed by atoms with Crippen molar-refractivity contribution in [2.24, 2.45) is 0 Å². The zero-order valence-corrected chi connectivity index (χ0v) is 13.3. The van der Waals surface area contributed by atoms with Gasteiger partial charge in [0.05, 0.1) is 10.6 Å². The summed E-state index contributed by atoms with van der Waals surface area (Å²) < 4.78 is 0. The molecule has 20 heavy (non-hydrogen) atoms. The van der Waals surface area contributed by atoms with Gasteiger partial charge in [-0.3, -0.25) is 9.59 Å². The van der Waals surface area contributed by atoms with E-state index < -0.39 is 0 Å². The maximum absolute atomic E-state index is 11.8. The highest BCUT2D eigenvalue weighted by molar-refractivity contribution is 6.34. The Morgan fingerprint density at radius 3 is 2.45 bits per heavy atom. The second-order valence-electron chi connectivity index (χ2n) is 4.30. The first kappa shape index (κ1) is 18.7. The lowest BCUT2D eigenvalue weighted by Crippen LogP contribution is -2.22. The lowest BCUT2D eigenvalue weighted by atomic mass is 10.2. The summed E-state index contributed by atoms with van der Waals surface area (Å²) in [6.45, 7) is 0.608. The average Bonchev–Trinajstić information content (AvgIpc) is 2.35. The largest absolute Gasteiger partial charge is 0.345 e. The number of hydrogen-bond acceptors (Lipinski definition) is 3. The molecule has 0 bridgehead atoms. The predicted molar refractivity (Wildman–Crippen MR) is 83.9 cm³/mol. The molecule has 5 nitrogen and oxygen atoms in total. The number of hydrogen-bond donors (Lipinski definition) is 2. The number of nitrogens with one attached hydrogen (secondary N) is 2. The van der Waals surface area contributed by atoms with Crippen LogP contribution in [0.3, 0.4) is 0 Å². The average molecular weight is 320 g/mol. The van der Waals surface area contributed by atoms with Crippen molar-refractivity contribution in [2.75, 3.05) is 33.0 Å². The van der Waals surface area contributed by atoms with Gasteiger partial charge >= 0.3 is 0 Å². The van der Waals surface area contributed by atoms with Gasteiger partial charge in [0.2, 0.25) is 5.91 Å². The molecule has 0 fully saturated rings. The number of nitrogens with zero attached hydrogens (tertiary/aromatic N) is 1. The van der Waals surface area contributed by atoms with Crippen LogP contribution in [0, 0.1) is 0 Å². The number of rotatable bonds is 5. The molecule has 0 radical (unpaired) electrons. The molecule has 1 aromatic carbocycles. The maximum Gasteiger partial charge on any atom is 0.254 e. The van der Waals surface area contributed by atoms with Crippen LogP contribution in [0.1, 0.15) is 16.8 Å². The van der Waals surface area contributed by atoms with E-state index in [1.54, 1.807) is 39.3 Å². The Morgan fingerprint density at radius 2 is 1.95 bits per heavy atom. The highest BCUT2D eigenvalue weighted by atomic mass is 35.5. The summed E-state index contributed by atoms with van der Waals surface area (Å²) in [4.78, 5) is 24.8. The van der Waals surface area contributed by atoms with Crippen molar-refractivity contribution < 1.29 is 9.59 Å². The molecule has 0 aliphatic heterocycles. The fraction of sp³-hybridized carbons (Fsp3) is 0.385. The molecule has 0 aliphatic rings. The van der Waals surface area contributed by atoms with Crippen LogP contribution in [0.5, 0.6) is 0 Å². The standard InChI is InChI=1S/C13H18ClN3O2.ClH/c1-15-7-6-12(18)16-9-4-5-10(11(14)8-9)13(19)17(2)3;/h4-5,8,15H,6-7H2,1-3H3,(H,16,18);1H. The van der Waals surface area contributed by atoms with E-state index in [0.29, 0.717) is 29.2 Å². The zero-order chi connectivity index (χ0) is 14.4. The van der Waals surface area contributed by atoms with Crippen LogP contribution in [0.15, 0.2) is 18.2 Å². The molecular formula is C13H19Cl2N3O2.